The molecule has 0 radical (unpaired) electrons. The van der Waals surface area contributed by atoms with Gasteiger partial charge in [-0.25, -0.2) is 0 Å². The zero-order valence-electron chi connectivity index (χ0n) is 12.2. The maximum absolute atomic E-state index is 11.0. The molecule has 5 heteroatoms. The Balaban J connectivity index is 2.23. The lowest BCUT2D eigenvalue weighted by molar-refractivity contribution is -0.385. The Morgan fingerprint density at radius 2 is 1.86 bits per heavy atom. The van der Waals surface area contributed by atoms with Crippen molar-refractivity contribution < 1.29 is 4.92 Å². The minimum absolute atomic E-state index is 0.00937. The van der Waals surface area contributed by atoms with Crippen LogP contribution in [-0.4, -0.2) is 4.92 Å². The molecule has 0 aliphatic rings. The number of hydrogen-bond donors (Lipinski definition) is 1. The van der Waals surface area contributed by atoms with Crippen LogP contribution in [-0.2, 0) is 0 Å². The third kappa shape index (κ3) is 3.61. The van der Waals surface area contributed by atoms with Crippen LogP contribution < -0.4 is 5.32 Å². The molecule has 0 aliphatic heterocycles. The number of nitro benzene ring substituents is 1. The predicted molar refractivity (Wildman–Crippen MR) is 88.8 cm³/mol. The zero-order chi connectivity index (χ0) is 15.6. The molecule has 0 fully saturated rings. The summed E-state index contributed by atoms with van der Waals surface area (Å²) < 4.78 is 1.06. The van der Waals surface area contributed by atoms with Crippen molar-refractivity contribution in [3.8, 4) is 0 Å². The molecular formula is C16H17BrN2O2. The lowest BCUT2D eigenvalue weighted by Crippen LogP contribution is -2.07. The molecule has 0 bridgehead atoms. The van der Waals surface area contributed by atoms with Crippen LogP contribution in [0.3, 0.4) is 0 Å². The Morgan fingerprint density at radius 1 is 1.14 bits per heavy atom. The first-order valence-electron chi connectivity index (χ1n) is 6.66. The number of benzene rings is 2. The molecule has 1 unspecified atom stereocenters. The summed E-state index contributed by atoms with van der Waals surface area (Å²) in [7, 11) is 0. The van der Waals surface area contributed by atoms with E-state index in [0.29, 0.717) is 5.56 Å². The molecule has 2 aromatic rings. The highest BCUT2D eigenvalue weighted by Crippen LogP contribution is 2.27. The van der Waals surface area contributed by atoms with Crippen LogP contribution in [0.1, 0.15) is 29.7 Å². The van der Waals surface area contributed by atoms with Gasteiger partial charge in [0.25, 0.3) is 5.69 Å². The van der Waals surface area contributed by atoms with Crippen molar-refractivity contribution in [2.24, 2.45) is 0 Å². The van der Waals surface area contributed by atoms with Gasteiger partial charge in [-0.2, -0.15) is 0 Å². The van der Waals surface area contributed by atoms with Gasteiger partial charge in [0.2, 0.25) is 0 Å². The molecule has 0 saturated heterocycles. The molecule has 21 heavy (non-hydrogen) atoms. The summed E-state index contributed by atoms with van der Waals surface area (Å²) in [4.78, 5) is 10.7. The Kier molecular flexibility index (Phi) is 4.63. The Bertz CT molecular complexity index is 686. The van der Waals surface area contributed by atoms with E-state index in [1.54, 1.807) is 19.1 Å². The lowest BCUT2D eigenvalue weighted by atomic mass is 10.0. The quantitative estimate of drug-likeness (QED) is 0.614. The first kappa shape index (κ1) is 15.5. The number of halogens is 1. The van der Waals surface area contributed by atoms with Gasteiger partial charge in [-0.15, -0.1) is 0 Å². The molecule has 0 aromatic heterocycles. The highest BCUT2D eigenvalue weighted by molar-refractivity contribution is 9.10. The Hall–Kier alpha value is -1.88. The van der Waals surface area contributed by atoms with Crippen molar-refractivity contribution in [1.82, 2.24) is 0 Å². The Labute approximate surface area is 132 Å². The minimum Gasteiger partial charge on any atom is -0.379 e. The number of aryl methyl sites for hydroxylation is 2. The van der Waals surface area contributed by atoms with Crippen molar-refractivity contribution in [2.45, 2.75) is 26.8 Å². The molecule has 0 saturated carbocycles. The number of anilines is 1. The van der Waals surface area contributed by atoms with Crippen molar-refractivity contribution in [3.63, 3.8) is 0 Å². The molecule has 0 aliphatic carbocycles. The van der Waals surface area contributed by atoms with Crippen LogP contribution in [0.5, 0.6) is 0 Å². The van der Waals surface area contributed by atoms with Crippen molar-refractivity contribution in [1.29, 1.82) is 0 Å². The molecule has 0 heterocycles. The molecule has 4 nitrogen and oxygen atoms in total. The SMILES string of the molecule is Cc1cc(NC(C)c2ccc(C)c([N+](=O)[O-])c2)ccc1Br. The summed E-state index contributed by atoms with van der Waals surface area (Å²) in [5.41, 5.74) is 3.87. The monoisotopic (exact) mass is 348 g/mol. The van der Waals surface area contributed by atoms with Crippen molar-refractivity contribution in [3.05, 3.63) is 67.7 Å². The van der Waals surface area contributed by atoms with Crippen LogP contribution in [0.15, 0.2) is 40.9 Å². The van der Waals surface area contributed by atoms with E-state index >= 15 is 0 Å². The first-order valence-corrected chi connectivity index (χ1v) is 7.45. The summed E-state index contributed by atoms with van der Waals surface area (Å²) in [6.45, 7) is 5.76. The van der Waals surface area contributed by atoms with E-state index in [0.717, 1.165) is 21.3 Å². The van der Waals surface area contributed by atoms with Gasteiger partial charge in [0.05, 0.1) is 4.92 Å². The largest absolute Gasteiger partial charge is 0.379 e. The molecule has 110 valence electrons. The third-order valence-corrected chi connectivity index (χ3v) is 4.36. The summed E-state index contributed by atoms with van der Waals surface area (Å²) in [6.07, 6.45) is 0. The van der Waals surface area contributed by atoms with Gasteiger partial charge >= 0.3 is 0 Å². The highest BCUT2D eigenvalue weighted by atomic mass is 79.9. The van der Waals surface area contributed by atoms with Crippen LogP contribution in [0.2, 0.25) is 0 Å². The van der Waals surface area contributed by atoms with E-state index in [2.05, 4.69) is 21.2 Å². The van der Waals surface area contributed by atoms with Gasteiger partial charge in [-0.1, -0.05) is 28.1 Å². The molecule has 2 rings (SSSR count). The van der Waals surface area contributed by atoms with Crippen LogP contribution >= 0.6 is 15.9 Å². The molecule has 0 spiro atoms. The molecule has 1 atom stereocenters. The Morgan fingerprint density at radius 3 is 2.48 bits per heavy atom. The number of nitrogens with zero attached hydrogens (tertiary/aromatic N) is 1. The first-order chi connectivity index (χ1) is 9.88. The maximum Gasteiger partial charge on any atom is 0.272 e. The van der Waals surface area contributed by atoms with Crippen LogP contribution in [0.4, 0.5) is 11.4 Å². The summed E-state index contributed by atoms with van der Waals surface area (Å²) in [6, 6.07) is 11.4. The van der Waals surface area contributed by atoms with E-state index < -0.39 is 0 Å². The number of nitro groups is 1. The van der Waals surface area contributed by atoms with E-state index in [9.17, 15) is 10.1 Å². The second-order valence-corrected chi connectivity index (χ2v) is 5.99. The fourth-order valence-electron chi connectivity index (χ4n) is 2.16. The fraction of sp³-hybridized carbons (Fsp3) is 0.250. The molecule has 1 N–H and O–H groups in total. The second kappa shape index (κ2) is 6.26. The average Bonchev–Trinajstić information content (AvgIpc) is 2.43. The van der Waals surface area contributed by atoms with Gasteiger partial charge in [0.15, 0.2) is 0 Å². The highest BCUT2D eigenvalue weighted by Gasteiger charge is 2.14. The molecule has 2 aromatic carbocycles. The van der Waals surface area contributed by atoms with Crippen molar-refractivity contribution >= 4 is 27.3 Å². The lowest BCUT2D eigenvalue weighted by Gasteiger charge is -2.16. The predicted octanol–water partition coefficient (Wildman–Crippen LogP) is 5.15. The average molecular weight is 349 g/mol. The smallest absolute Gasteiger partial charge is 0.272 e. The minimum atomic E-state index is -0.338. The zero-order valence-corrected chi connectivity index (χ0v) is 13.8. The summed E-state index contributed by atoms with van der Waals surface area (Å²) >= 11 is 3.47. The number of hydrogen-bond acceptors (Lipinski definition) is 3. The summed E-state index contributed by atoms with van der Waals surface area (Å²) in [5.74, 6) is 0. The standard InChI is InChI=1S/C16H17BrN2O2/c1-10-4-5-13(9-16(10)19(20)21)12(3)18-14-6-7-15(17)11(2)8-14/h4-9,12,18H,1-3H3. The molecular weight excluding hydrogens is 332 g/mol. The second-order valence-electron chi connectivity index (χ2n) is 5.13. The van der Waals surface area contributed by atoms with Gasteiger partial charge < -0.3 is 5.32 Å². The van der Waals surface area contributed by atoms with E-state index in [4.69, 9.17) is 0 Å². The van der Waals surface area contributed by atoms with Gasteiger partial charge in [-0.3, -0.25) is 10.1 Å². The van der Waals surface area contributed by atoms with Gasteiger partial charge in [-0.05, 0) is 50.1 Å². The van der Waals surface area contributed by atoms with Gasteiger partial charge in [0, 0.05) is 27.8 Å². The summed E-state index contributed by atoms with van der Waals surface area (Å²) in [5, 5.41) is 14.4. The van der Waals surface area contributed by atoms with Crippen LogP contribution in [0, 0.1) is 24.0 Å². The number of nitrogens with one attached hydrogen (secondary N) is 1. The van der Waals surface area contributed by atoms with E-state index in [-0.39, 0.29) is 16.7 Å². The van der Waals surface area contributed by atoms with Crippen LogP contribution in [0.25, 0.3) is 0 Å². The topological polar surface area (TPSA) is 55.2 Å². The van der Waals surface area contributed by atoms with Gasteiger partial charge in [0.1, 0.15) is 0 Å². The van der Waals surface area contributed by atoms with E-state index in [1.165, 1.54) is 0 Å². The maximum atomic E-state index is 11.0. The third-order valence-electron chi connectivity index (χ3n) is 3.47. The number of rotatable bonds is 4. The van der Waals surface area contributed by atoms with E-state index in [1.807, 2.05) is 38.1 Å². The fourth-order valence-corrected chi connectivity index (χ4v) is 2.41. The molecule has 0 amide bonds. The van der Waals surface area contributed by atoms with Crippen molar-refractivity contribution in [2.75, 3.05) is 5.32 Å². The normalized spacial score (nSPS) is 12.0.